The van der Waals surface area contributed by atoms with Gasteiger partial charge < -0.3 is 15.5 Å². The third-order valence-corrected chi connectivity index (χ3v) is 2.68. The first-order valence-electron chi connectivity index (χ1n) is 6.69. The van der Waals surface area contributed by atoms with Crippen LogP contribution in [0.5, 0.6) is 0 Å². The lowest BCUT2D eigenvalue weighted by Gasteiger charge is -2.21. The molecule has 0 unspecified atom stereocenters. The van der Waals surface area contributed by atoms with Crippen LogP contribution in [-0.4, -0.2) is 37.1 Å². The standard InChI is InChI=1S/C14H24N4O/c1-5-15-13(19)10-18(4)14-12(7-6-8-16-14)9-17-11(2)3/h6-8,11,17H,5,9-10H2,1-4H3,(H,15,19). The Bertz CT molecular complexity index is 406. The Morgan fingerprint density at radius 2 is 2.21 bits per heavy atom. The van der Waals surface area contributed by atoms with Crippen LogP contribution in [0.15, 0.2) is 18.3 Å². The van der Waals surface area contributed by atoms with E-state index in [9.17, 15) is 4.79 Å². The molecular formula is C14H24N4O. The van der Waals surface area contributed by atoms with Gasteiger partial charge in [-0.25, -0.2) is 4.98 Å². The lowest BCUT2D eigenvalue weighted by Crippen LogP contribution is -2.36. The topological polar surface area (TPSA) is 57.3 Å². The number of aromatic nitrogens is 1. The molecule has 2 N–H and O–H groups in total. The highest BCUT2D eigenvalue weighted by Crippen LogP contribution is 2.15. The van der Waals surface area contributed by atoms with Gasteiger partial charge in [-0.2, -0.15) is 0 Å². The van der Waals surface area contributed by atoms with Crippen molar-refractivity contribution in [3.8, 4) is 0 Å². The number of carbonyl (C=O) groups excluding carboxylic acids is 1. The van der Waals surface area contributed by atoms with E-state index in [0.717, 1.165) is 17.9 Å². The van der Waals surface area contributed by atoms with Crippen LogP contribution < -0.4 is 15.5 Å². The normalized spacial score (nSPS) is 10.6. The van der Waals surface area contributed by atoms with Crippen molar-refractivity contribution in [3.63, 3.8) is 0 Å². The zero-order chi connectivity index (χ0) is 14.3. The van der Waals surface area contributed by atoms with Gasteiger partial charge in [-0.1, -0.05) is 19.9 Å². The molecule has 0 aliphatic heterocycles. The van der Waals surface area contributed by atoms with Crippen LogP contribution in [0.3, 0.4) is 0 Å². The average molecular weight is 264 g/mol. The highest BCUT2D eigenvalue weighted by molar-refractivity contribution is 5.81. The van der Waals surface area contributed by atoms with Gasteiger partial charge in [-0.05, 0) is 13.0 Å². The van der Waals surface area contributed by atoms with Gasteiger partial charge in [-0.15, -0.1) is 0 Å². The summed E-state index contributed by atoms with van der Waals surface area (Å²) in [5.41, 5.74) is 1.10. The van der Waals surface area contributed by atoms with Gasteiger partial charge in [0.25, 0.3) is 0 Å². The summed E-state index contributed by atoms with van der Waals surface area (Å²) in [6.07, 6.45) is 1.75. The highest BCUT2D eigenvalue weighted by Gasteiger charge is 2.11. The summed E-state index contributed by atoms with van der Waals surface area (Å²) in [5, 5.41) is 6.16. The highest BCUT2D eigenvalue weighted by atomic mass is 16.2. The van der Waals surface area contributed by atoms with Gasteiger partial charge in [0, 0.05) is 37.9 Å². The van der Waals surface area contributed by atoms with Crippen LogP contribution in [0, 0.1) is 0 Å². The molecule has 0 fully saturated rings. The van der Waals surface area contributed by atoms with Crippen molar-refractivity contribution in [2.75, 3.05) is 25.0 Å². The summed E-state index contributed by atoms with van der Waals surface area (Å²) in [7, 11) is 1.89. The molecule has 0 aliphatic carbocycles. The third-order valence-electron chi connectivity index (χ3n) is 2.68. The van der Waals surface area contributed by atoms with Crippen molar-refractivity contribution in [2.24, 2.45) is 0 Å². The molecule has 1 amide bonds. The smallest absolute Gasteiger partial charge is 0.239 e. The van der Waals surface area contributed by atoms with E-state index in [1.165, 1.54) is 0 Å². The Morgan fingerprint density at radius 3 is 2.84 bits per heavy atom. The quantitative estimate of drug-likeness (QED) is 0.776. The minimum Gasteiger partial charge on any atom is -0.355 e. The molecule has 1 heterocycles. The van der Waals surface area contributed by atoms with Gasteiger partial charge in [-0.3, -0.25) is 4.79 Å². The molecule has 0 atom stereocenters. The van der Waals surface area contributed by atoms with E-state index in [4.69, 9.17) is 0 Å². The second kappa shape index (κ2) is 7.74. The van der Waals surface area contributed by atoms with Crippen LogP contribution in [0.2, 0.25) is 0 Å². The number of hydrogen-bond acceptors (Lipinski definition) is 4. The van der Waals surface area contributed by atoms with Crippen LogP contribution >= 0.6 is 0 Å². The maximum Gasteiger partial charge on any atom is 0.239 e. The zero-order valence-corrected chi connectivity index (χ0v) is 12.2. The van der Waals surface area contributed by atoms with E-state index in [1.807, 2.05) is 31.0 Å². The number of likely N-dealkylation sites (N-methyl/N-ethyl adjacent to an activating group) is 2. The second-order valence-corrected chi connectivity index (χ2v) is 4.83. The van der Waals surface area contributed by atoms with Gasteiger partial charge in [0.05, 0.1) is 6.54 Å². The predicted octanol–water partition coefficient (Wildman–Crippen LogP) is 1.15. The summed E-state index contributed by atoms with van der Waals surface area (Å²) >= 11 is 0. The van der Waals surface area contributed by atoms with E-state index in [-0.39, 0.29) is 5.91 Å². The molecule has 5 nitrogen and oxygen atoms in total. The van der Waals surface area contributed by atoms with Crippen LogP contribution in [0.1, 0.15) is 26.3 Å². The molecule has 106 valence electrons. The van der Waals surface area contributed by atoms with E-state index in [1.54, 1.807) is 6.20 Å². The molecule has 0 radical (unpaired) electrons. The van der Waals surface area contributed by atoms with E-state index < -0.39 is 0 Å². The Balaban J connectivity index is 2.72. The number of nitrogens with zero attached hydrogens (tertiary/aromatic N) is 2. The van der Waals surface area contributed by atoms with E-state index in [2.05, 4.69) is 29.5 Å². The molecule has 0 aromatic carbocycles. The molecular weight excluding hydrogens is 240 g/mol. The lowest BCUT2D eigenvalue weighted by atomic mass is 10.2. The van der Waals surface area contributed by atoms with Crippen molar-refractivity contribution in [3.05, 3.63) is 23.9 Å². The number of rotatable bonds is 7. The molecule has 19 heavy (non-hydrogen) atoms. The van der Waals surface area contributed by atoms with E-state index in [0.29, 0.717) is 19.1 Å². The number of hydrogen-bond donors (Lipinski definition) is 2. The first-order chi connectivity index (χ1) is 9.04. The first kappa shape index (κ1) is 15.4. The van der Waals surface area contributed by atoms with Crippen LogP contribution in [0.25, 0.3) is 0 Å². The van der Waals surface area contributed by atoms with Crippen LogP contribution in [-0.2, 0) is 11.3 Å². The average Bonchev–Trinajstić information content (AvgIpc) is 2.36. The first-order valence-corrected chi connectivity index (χ1v) is 6.69. The fourth-order valence-electron chi connectivity index (χ4n) is 1.77. The predicted molar refractivity (Wildman–Crippen MR) is 78.2 cm³/mol. The minimum atomic E-state index is 0.0124. The van der Waals surface area contributed by atoms with Crippen molar-refractivity contribution in [2.45, 2.75) is 33.4 Å². The maximum atomic E-state index is 11.6. The Kier molecular flexibility index (Phi) is 6.29. The number of amides is 1. The minimum absolute atomic E-state index is 0.0124. The van der Waals surface area contributed by atoms with Crippen LogP contribution in [0.4, 0.5) is 5.82 Å². The lowest BCUT2D eigenvalue weighted by molar-refractivity contribution is -0.119. The number of anilines is 1. The fraction of sp³-hybridized carbons (Fsp3) is 0.571. The van der Waals surface area contributed by atoms with Crippen molar-refractivity contribution < 1.29 is 4.79 Å². The Labute approximate surface area is 115 Å². The molecule has 0 bridgehead atoms. The number of carbonyl (C=O) groups is 1. The zero-order valence-electron chi connectivity index (χ0n) is 12.2. The molecule has 1 aromatic heterocycles. The largest absolute Gasteiger partial charge is 0.355 e. The van der Waals surface area contributed by atoms with Crippen molar-refractivity contribution in [1.29, 1.82) is 0 Å². The van der Waals surface area contributed by atoms with Crippen molar-refractivity contribution in [1.82, 2.24) is 15.6 Å². The summed E-state index contributed by atoms with van der Waals surface area (Å²) in [4.78, 5) is 17.9. The van der Waals surface area contributed by atoms with Crippen molar-refractivity contribution >= 4 is 11.7 Å². The Hall–Kier alpha value is -1.62. The summed E-state index contributed by atoms with van der Waals surface area (Å²) in [6.45, 7) is 7.84. The van der Waals surface area contributed by atoms with E-state index >= 15 is 0 Å². The maximum absolute atomic E-state index is 11.6. The number of nitrogens with one attached hydrogen (secondary N) is 2. The van der Waals surface area contributed by atoms with Gasteiger partial charge in [0.1, 0.15) is 5.82 Å². The Morgan fingerprint density at radius 1 is 1.47 bits per heavy atom. The fourth-order valence-corrected chi connectivity index (χ4v) is 1.77. The molecule has 5 heteroatoms. The van der Waals surface area contributed by atoms with Gasteiger partial charge in [0.15, 0.2) is 0 Å². The molecule has 0 saturated heterocycles. The number of pyridine rings is 1. The van der Waals surface area contributed by atoms with Gasteiger partial charge >= 0.3 is 0 Å². The second-order valence-electron chi connectivity index (χ2n) is 4.83. The molecule has 0 spiro atoms. The third kappa shape index (κ3) is 5.26. The van der Waals surface area contributed by atoms with Gasteiger partial charge in [0.2, 0.25) is 5.91 Å². The molecule has 0 aliphatic rings. The molecule has 1 aromatic rings. The monoisotopic (exact) mass is 264 g/mol. The summed E-state index contributed by atoms with van der Waals surface area (Å²) < 4.78 is 0. The SMILES string of the molecule is CCNC(=O)CN(C)c1ncccc1CNC(C)C. The summed E-state index contributed by atoms with van der Waals surface area (Å²) in [6, 6.07) is 4.37. The molecule has 1 rings (SSSR count). The summed E-state index contributed by atoms with van der Waals surface area (Å²) in [5.74, 6) is 0.861. The molecule has 0 saturated carbocycles.